The van der Waals surface area contributed by atoms with Gasteiger partial charge in [-0.05, 0) is 43.5 Å². The molecular formula is C18H28N2O2. The van der Waals surface area contributed by atoms with Gasteiger partial charge >= 0.3 is 0 Å². The predicted octanol–water partition coefficient (Wildman–Crippen LogP) is 3.03. The summed E-state index contributed by atoms with van der Waals surface area (Å²) < 4.78 is 5.68. The van der Waals surface area contributed by atoms with E-state index in [0.717, 1.165) is 12.1 Å². The maximum atomic E-state index is 12.7. The minimum Gasteiger partial charge on any atom is -0.378 e. The van der Waals surface area contributed by atoms with Gasteiger partial charge in [-0.15, -0.1) is 0 Å². The van der Waals surface area contributed by atoms with Gasteiger partial charge in [-0.25, -0.2) is 0 Å². The summed E-state index contributed by atoms with van der Waals surface area (Å²) in [5.41, 5.74) is 8.44. The van der Waals surface area contributed by atoms with Gasteiger partial charge in [0, 0.05) is 24.1 Å². The molecule has 1 aliphatic carbocycles. The number of anilines is 1. The first-order valence-corrected chi connectivity index (χ1v) is 8.07. The second kappa shape index (κ2) is 6.01. The molecule has 0 saturated heterocycles. The molecule has 0 radical (unpaired) electrons. The number of hydrogen-bond acceptors (Lipinski definition) is 3. The normalized spacial score (nSPS) is 26.4. The first-order chi connectivity index (χ1) is 10.3. The molecule has 1 fully saturated rings. The topological polar surface area (TPSA) is 64.3 Å². The summed E-state index contributed by atoms with van der Waals surface area (Å²) in [5, 5.41) is 2.99. The van der Waals surface area contributed by atoms with Crippen molar-refractivity contribution in [3.8, 4) is 0 Å². The van der Waals surface area contributed by atoms with Gasteiger partial charge in [0.1, 0.15) is 5.54 Å². The van der Waals surface area contributed by atoms with Crippen LogP contribution in [0.2, 0.25) is 0 Å². The van der Waals surface area contributed by atoms with Crippen molar-refractivity contribution in [2.24, 2.45) is 11.1 Å². The summed E-state index contributed by atoms with van der Waals surface area (Å²) in [5.74, 6) is -0.126. The summed E-state index contributed by atoms with van der Waals surface area (Å²) in [6.07, 6.45) is 1.55. The maximum Gasteiger partial charge on any atom is 0.245 e. The third-order valence-electron chi connectivity index (χ3n) is 5.22. The highest BCUT2D eigenvalue weighted by Crippen LogP contribution is 2.50. The molecule has 3 N–H and O–H groups in total. The lowest BCUT2D eigenvalue weighted by Crippen LogP contribution is -2.74. The van der Waals surface area contributed by atoms with E-state index in [4.69, 9.17) is 10.5 Å². The zero-order valence-electron chi connectivity index (χ0n) is 14.3. The molecular weight excluding hydrogens is 276 g/mol. The molecule has 1 amide bonds. The molecule has 122 valence electrons. The fraction of sp³-hybridized carbons (Fsp3) is 0.611. The quantitative estimate of drug-likeness (QED) is 0.879. The highest BCUT2D eigenvalue weighted by atomic mass is 16.5. The molecule has 0 heterocycles. The summed E-state index contributed by atoms with van der Waals surface area (Å²) >= 11 is 0. The molecule has 1 saturated carbocycles. The number of aryl methyl sites for hydroxylation is 2. The van der Waals surface area contributed by atoms with E-state index in [1.807, 2.05) is 39.0 Å². The van der Waals surface area contributed by atoms with Crippen LogP contribution in [0.1, 0.15) is 45.2 Å². The van der Waals surface area contributed by atoms with Gasteiger partial charge in [-0.1, -0.05) is 26.8 Å². The van der Waals surface area contributed by atoms with E-state index in [2.05, 4.69) is 19.2 Å². The van der Waals surface area contributed by atoms with E-state index in [-0.39, 0.29) is 17.4 Å². The fourth-order valence-electron chi connectivity index (χ4n) is 3.19. The van der Waals surface area contributed by atoms with Crippen molar-refractivity contribution in [3.05, 3.63) is 29.3 Å². The summed E-state index contributed by atoms with van der Waals surface area (Å²) in [6.45, 7) is 10.8. The lowest BCUT2D eigenvalue weighted by Gasteiger charge is -2.57. The van der Waals surface area contributed by atoms with Crippen molar-refractivity contribution >= 4 is 11.6 Å². The van der Waals surface area contributed by atoms with Crippen molar-refractivity contribution < 1.29 is 9.53 Å². The molecule has 4 nitrogen and oxygen atoms in total. The molecule has 0 aromatic heterocycles. The van der Waals surface area contributed by atoms with Crippen LogP contribution in [-0.4, -0.2) is 24.2 Å². The van der Waals surface area contributed by atoms with Crippen molar-refractivity contribution in [1.29, 1.82) is 0 Å². The van der Waals surface area contributed by atoms with Crippen molar-refractivity contribution in [2.75, 3.05) is 11.9 Å². The van der Waals surface area contributed by atoms with Crippen molar-refractivity contribution in [3.63, 3.8) is 0 Å². The number of amides is 1. The monoisotopic (exact) mass is 304 g/mol. The SMILES string of the molecule is CCOC1CC(N)(C(=O)Nc2ccc(C)c(CC)c2)C1(C)C. The molecule has 1 aromatic carbocycles. The number of nitrogens with one attached hydrogen (secondary N) is 1. The first-order valence-electron chi connectivity index (χ1n) is 8.07. The Morgan fingerprint density at radius 3 is 2.64 bits per heavy atom. The van der Waals surface area contributed by atoms with Gasteiger partial charge in [-0.2, -0.15) is 0 Å². The van der Waals surface area contributed by atoms with Crippen LogP contribution in [0.25, 0.3) is 0 Å². The van der Waals surface area contributed by atoms with E-state index in [1.54, 1.807) is 0 Å². The zero-order valence-corrected chi connectivity index (χ0v) is 14.3. The summed E-state index contributed by atoms with van der Waals surface area (Å²) in [6, 6.07) is 6.00. The molecule has 0 bridgehead atoms. The third-order valence-corrected chi connectivity index (χ3v) is 5.22. The molecule has 0 spiro atoms. The van der Waals surface area contributed by atoms with Crippen LogP contribution >= 0.6 is 0 Å². The zero-order chi connectivity index (χ0) is 16.5. The lowest BCUT2D eigenvalue weighted by atomic mass is 9.54. The van der Waals surface area contributed by atoms with Gasteiger partial charge in [0.05, 0.1) is 6.10 Å². The Morgan fingerprint density at radius 1 is 1.41 bits per heavy atom. The van der Waals surface area contributed by atoms with Crippen LogP contribution in [0.4, 0.5) is 5.69 Å². The molecule has 4 heteroatoms. The number of benzene rings is 1. The van der Waals surface area contributed by atoms with Crippen LogP contribution in [0.3, 0.4) is 0 Å². The standard InChI is InChI=1S/C18H28N2O2/c1-6-13-10-14(9-8-12(13)3)20-16(21)18(19)11-15(22-7-2)17(18,4)5/h8-10,15H,6-7,11,19H2,1-5H3,(H,20,21). The Labute approximate surface area is 133 Å². The number of carbonyl (C=O) groups is 1. The first kappa shape index (κ1) is 17.0. The van der Waals surface area contributed by atoms with Crippen molar-refractivity contribution in [1.82, 2.24) is 0 Å². The molecule has 1 aliphatic rings. The predicted molar refractivity (Wildman–Crippen MR) is 89.9 cm³/mol. The van der Waals surface area contributed by atoms with Crippen LogP contribution in [0.15, 0.2) is 18.2 Å². The summed E-state index contributed by atoms with van der Waals surface area (Å²) in [7, 11) is 0. The second-order valence-corrected chi connectivity index (χ2v) is 6.79. The van der Waals surface area contributed by atoms with Crippen LogP contribution < -0.4 is 11.1 Å². The Balaban J connectivity index is 2.13. The average Bonchev–Trinajstić information content (AvgIpc) is 2.48. The van der Waals surface area contributed by atoms with Gasteiger partial charge in [0.2, 0.25) is 5.91 Å². The number of nitrogens with two attached hydrogens (primary N) is 1. The van der Waals surface area contributed by atoms with Crippen molar-refractivity contribution in [2.45, 2.75) is 59.1 Å². The smallest absolute Gasteiger partial charge is 0.245 e. The van der Waals surface area contributed by atoms with E-state index in [1.165, 1.54) is 11.1 Å². The second-order valence-electron chi connectivity index (χ2n) is 6.79. The van der Waals surface area contributed by atoms with E-state index >= 15 is 0 Å². The van der Waals surface area contributed by atoms with Crippen LogP contribution in [0.5, 0.6) is 0 Å². The van der Waals surface area contributed by atoms with Gasteiger partial charge in [-0.3, -0.25) is 4.79 Å². The largest absolute Gasteiger partial charge is 0.378 e. The lowest BCUT2D eigenvalue weighted by molar-refractivity contribution is -0.166. The van der Waals surface area contributed by atoms with Crippen LogP contribution in [0, 0.1) is 12.3 Å². The Hall–Kier alpha value is -1.39. The number of rotatable bonds is 5. The Bertz CT molecular complexity index is 568. The number of carbonyl (C=O) groups excluding carboxylic acids is 1. The van der Waals surface area contributed by atoms with E-state index in [0.29, 0.717) is 13.0 Å². The molecule has 22 heavy (non-hydrogen) atoms. The molecule has 2 unspecified atom stereocenters. The van der Waals surface area contributed by atoms with Crippen LogP contribution in [-0.2, 0) is 16.0 Å². The Kier molecular flexibility index (Phi) is 4.64. The van der Waals surface area contributed by atoms with Gasteiger partial charge < -0.3 is 15.8 Å². The highest BCUT2D eigenvalue weighted by molar-refractivity contribution is 5.99. The maximum absolute atomic E-state index is 12.7. The molecule has 2 atom stereocenters. The summed E-state index contributed by atoms with van der Waals surface area (Å²) in [4.78, 5) is 12.7. The minimum absolute atomic E-state index is 0.0393. The minimum atomic E-state index is -0.885. The molecule has 2 rings (SSSR count). The van der Waals surface area contributed by atoms with Gasteiger partial charge in [0.15, 0.2) is 0 Å². The molecule has 0 aliphatic heterocycles. The van der Waals surface area contributed by atoms with Gasteiger partial charge in [0.25, 0.3) is 0 Å². The number of hydrogen-bond donors (Lipinski definition) is 2. The highest BCUT2D eigenvalue weighted by Gasteiger charge is 2.62. The van der Waals surface area contributed by atoms with E-state index < -0.39 is 5.54 Å². The number of ether oxygens (including phenoxy) is 1. The Morgan fingerprint density at radius 2 is 2.09 bits per heavy atom. The molecule has 1 aromatic rings. The average molecular weight is 304 g/mol. The van der Waals surface area contributed by atoms with E-state index in [9.17, 15) is 4.79 Å². The fourth-order valence-corrected chi connectivity index (χ4v) is 3.19. The third kappa shape index (κ3) is 2.66.